The maximum absolute atomic E-state index is 11.7. The van der Waals surface area contributed by atoms with Gasteiger partial charge in [0.2, 0.25) is 5.91 Å². The molecule has 2 N–H and O–H groups in total. The van der Waals surface area contributed by atoms with Gasteiger partial charge in [0.15, 0.2) is 0 Å². The molecule has 5 nitrogen and oxygen atoms in total. The smallest absolute Gasteiger partial charge is 0.320 e. The Morgan fingerprint density at radius 2 is 2.09 bits per heavy atom. The van der Waals surface area contributed by atoms with Gasteiger partial charge in [-0.15, -0.1) is 0 Å². The zero-order valence-electron chi connectivity index (χ0n) is 13.5. The molecule has 1 aromatic carbocycles. The van der Waals surface area contributed by atoms with E-state index in [1.807, 2.05) is 24.3 Å². The number of carbonyl (C=O) groups is 2. The van der Waals surface area contributed by atoms with Crippen molar-refractivity contribution < 1.29 is 14.7 Å². The Balaban J connectivity index is 1.78. The molecule has 124 valence electrons. The predicted octanol–water partition coefficient (Wildman–Crippen LogP) is 2.86. The number of amides is 1. The summed E-state index contributed by atoms with van der Waals surface area (Å²) in [7, 11) is 0. The normalized spacial score (nSPS) is 27.4. The van der Waals surface area contributed by atoms with Gasteiger partial charge in [0, 0.05) is 25.2 Å². The lowest BCUT2D eigenvalue weighted by Gasteiger charge is -2.33. The Kier molecular flexibility index (Phi) is 4.66. The number of rotatable bonds is 4. The summed E-state index contributed by atoms with van der Waals surface area (Å²) in [5.74, 6) is -0.292. The van der Waals surface area contributed by atoms with Crippen molar-refractivity contribution in [3.63, 3.8) is 0 Å². The van der Waals surface area contributed by atoms with Crippen molar-refractivity contribution in [3.05, 3.63) is 29.8 Å². The van der Waals surface area contributed by atoms with Crippen LogP contribution in [0.5, 0.6) is 0 Å². The fourth-order valence-corrected chi connectivity index (χ4v) is 4.18. The highest BCUT2D eigenvalue weighted by atomic mass is 16.4. The molecular formula is C18H24N2O3. The minimum Gasteiger partial charge on any atom is -0.480 e. The Labute approximate surface area is 136 Å². The van der Waals surface area contributed by atoms with Crippen LogP contribution in [0.2, 0.25) is 0 Å². The van der Waals surface area contributed by atoms with Gasteiger partial charge in [-0.2, -0.15) is 0 Å². The van der Waals surface area contributed by atoms with Gasteiger partial charge >= 0.3 is 5.97 Å². The van der Waals surface area contributed by atoms with Crippen molar-refractivity contribution in [2.75, 3.05) is 5.32 Å². The number of nitrogens with one attached hydrogen (secondary N) is 1. The highest BCUT2D eigenvalue weighted by Crippen LogP contribution is 2.40. The summed E-state index contributed by atoms with van der Waals surface area (Å²) in [6.45, 7) is 2.12. The molecule has 0 aromatic heterocycles. The second kappa shape index (κ2) is 6.71. The number of hydrogen-bond acceptors (Lipinski definition) is 3. The van der Waals surface area contributed by atoms with Gasteiger partial charge in [-0.3, -0.25) is 14.5 Å². The predicted molar refractivity (Wildman–Crippen MR) is 88.1 cm³/mol. The second-order valence-corrected chi connectivity index (χ2v) is 6.76. The molecule has 1 saturated heterocycles. The van der Waals surface area contributed by atoms with E-state index in [0.717, 1.165) is 30.5 Å². The van der Waals surface area contributed by atoms with Crippen LogP contribution < -0.4 is 5.32 Å². The molecule has 0 unspecified atom stereocenters. The average molecular weight is 316 g/mol. The molecule has 1 amide bonds. The van der Waals surface area contributed by atoms with Crippen LogP contribution in [0.25, 0.3) is 0 Å². The maximum Gasteiger partial charge on any atom is 0.320 e. The summed E-state index contributed by atoms with van der Waals surface area (Å²) in [5, 5.41) is 12.4. The van der Waals surface area contributed by atoms with Crippen LogP contribution >= 0.6 is 0 Å². The topological polar surface area (TPSA) is 69.6 Å². The molecule has 2 fully saturated rings. The largest absolute Gasteiger partial charge is 0.480 e. The van der Waals surface area contributed by atoms with E-state index in [0.29, 0.717) is 18.5 Å². The lowest BCUT2D eigenvalue weighted by Crippen LogP contribution is -2.41. The number of carbonyl (C=O) groups excluding carboxylic acids is 1. The van der Waals surface area contributed by atoms with Crippen LogP contribution in [-0.4, -0.2) is 34.0 Å². The third-order valence-electron chi connectivity index (χ3n) is 5.12. The molecule has 23 heavy (non-hydrogen) atoms. The van der Waals surface area contributed by atoms with Crippen molar-refractivity contribution in [3.8, 4) is 0 Å². The molecule has 3 atom stereocenters. The van der Waals surface area contributed by atoms with Crippen LogP contribution in [-0.2, 0) is 16.1 Å². The molecule has 0 radical (unpaired) electrons. The number of nitrogens with zero attached hydrogens (tertiary/aromatic N) is 1. The van der Waals surface area contributed by atoms with E-state index in [2.05, 4.69) is 10.2 Å². The molecule has 1 aliphatic carbocycles. The van der Waals surface area contributed by atoms with Gasteiger partial charge in [0.1, 0.15) is 6.04 Å². The first-order chi connectivity index (χ1) is 11.0. The molecule has 0 spiro atoms. The molecule has 1 heterocycles. The van der Waals surface area contributed by atoms with Crippen LogP contribution in [0.3, 0.4) is 0 Å². The van der Waals surface area contributed by atoms with Crippen molar-refractivity contribution in [1.82, 2.24) is 4.90 Å². The molecule has 5 heteroatoms. The van der Waals surface area contributed by atoms with E-state index in [1.165, 1.54) is 19.8 Å². The Morgan fingerprint density at radius 3 is 2.83 bits per heavy atom. The number of carboxylic acid groups (broad SMARTS) is 1. The van der Waals surface area contributed by atoms with Crippen molar-refractivity contribution in [1.29, 1.82) is 0 Å². The van der Waals surface area contributed by atoms with Gasteiger partial charge in [-0.05, 0) is 42.9 Å². The fraction of sp³-hybridized carbons (Fsp3) is 0.556. The highest BCUT2D eigenvalue weighted by Gasteiger charge is 2.44. The zero-order chi connectivity index (χ0) is 16.4. The van der Waals surface area contributed by atoms with E-state index in [1.54, 1.807) is 0 Å². The number of benzene rings is 1. The number of fused-ring (bicyclic) bond motifs is 1. The van der Waals surface area contributed by atoms with Crippen LogP contribution in [0.15, 0.2) is 24.3 Å². The Morgan fingerprint density at radius 1 is 1.30 bits per heavy atom. The van der Waals surface area contributed by atoms with Crippen molar-refractivity contribution >= 4 is 17.6 Å². The van der Waals surface area contributed by atoms with Gasteiger partial charge < -0.3 is 10.4 Å². The zero-order valence-corrected chi connectivity index (χ0v) is 13.5. The number of carboxylic acids is 1. The number of hydrogen-bond donors (Lipinski definition) is 2. The Bertz CT molecular complexity index is 602. The first-order valence-electron chi connectivity index (χ1n) is 8.39. The molecule has 1 aromatic rings. The van der Waals surface area contributed by atoms with Crippen LogP contribution in [0.4, 0.5) is 5.69 Å². The van der Waals surface area contributed by atoms with E-state index in [-0.39, 0.29) is 11.9 Å². The summed E-state index contributed by atoms with van der Waals surface area (Å²) in [4.78, 5) is 25.0. The summed E-state index contributed by atoms with van der Waals surface area (Å²) >= 11 is 0. The first-order valence-corrected chi connectivity index (χ1v) is 8.39. The molecule has 1 aliphatic heterocycles. The monoisotopic (exact) mass is 316 g/mol. The molecular weight excluding hydrogens is 292 g/mol. The number of aliphatic carboxylic acids is 1. The number of anilines is 1. The maximum atomic E-state index is 11.7. The summed E-state index contributed by atoms with van der Waals surface area (Å²) in [6.07, 6.45) is 5.43. The summed E-state index contributed by atoms with van der Waals surface area (Å²) < 4.78 is 0. The van der Waals surface area contributed by atoms with Crippen LogP contribution in [0.1, 0.15) is 44.6 Å². The number of likely N-dealkylation sites (tertiary alicyclic amines) is 1. The van der Waals surface area contributed by atoms with Gasteiger partial charge in [-0.1, -0.05) is 25.0 Å². The van der Waals surface area contributed by atoms with Crippen LogP contribution in [0, 0.1) is 5.92 Å². The lowest BCUT2D eigenvalue weighted by atomic mass is 9.84. The highest BCUT2D eigenvalue weighted by molar-refractivity contribution is 5.88. The second-order valence-electron chi connectivity index (χ2n) is 6.76. The quantitative estimate of drug-likeness (QED) is 0.896. The van der Waals surface area contributed by atoms with E-state index in [4.69, 9.17) is 0 Å². The third-order valence-corrected chi connectivity index (χ3v) is 5.12. The molecule has 3 rings (SSSR count). The Hall–Kier alpha value is -1.88. The summed E-state index contributed by atoms with van der Waals surface area (Å²) in [6, 6.07) is 7.70. The average Bonchev–Trinajstić information content (AvgIpc) is 2.86. The molecule has 0 bridgehead atoms. The molecule has 2 aliphatic rings. The molecule has 1 saturated carbocycles. The van der Waals surface area contributed by atoms with Gasteiger partial charge in [0.05, 0.1) is 0 Å². The van der Waals surface area contributed by atoms with Crippen molar-refractivity contribution in [2.45, 2.75) is 57.7 Å². The van der Waals surface area contributed by atoms with E-state index in [9.17, 15) is 14.7 Å². The van der Waals surface area contributed by atoms with Gasteiger partial charge in [0.25, 0.3) is 0 Å². The van der Waals surface area contributed by atoms with E-state index >= 15 is 0 Å². The minimum absolute atomic E-state index is 0.0981. The fourth-order valence-electron chi connectivity index (χ4n) is 4.18. The minimum atomic E-state index is -0.711. The SMILES string of the molecule is CC(=O)Nc1cccc(CN2[C@@H]3CCCC[C@H]3C[C@H]2C(=O)O)c1. The van der Waals surface area contributed by atoms with Crippen molar-refractivity contribution in [2.24, 2.45) is 5.92 Å². The standard InChI is InChI=1S/C18H24N2O3/c1-12(21)19-15-7-4-5-13(9-15)11-20-16-8-3-2-6-14(16)10-17(20)18(22)23/h4-5,7,9,14,16-17H,2-3,6,8,10-11H2,1H3,(H,19,21)(H,22,23)/t14-,16+,17-/m0/s1. The van der Waals surface area contributed by atoms with Gasteiger partial charge in [-0.25, -0.2) is 0 Å². The van der Waals surface area contributed by atoms with E-state index < -0.39 is 5.97 Å². The lowest BCUT2D eigenvalue weighted by molar-refractivity contribution is -0.142. The first kappa shape index (κ1) is 16.0. The third kappa shape index (κ3) is 3.55. The summed E-state index contributed by atoms with van der Waals surface area (Å²) in [5.41, 5.74) is 1.81.